The van der Waals surface area contributed by atoms with Crippen molar-refractivity contribution in [2.24, 2.45) is 0 Å². The number of hydrogen-bond donors (Lipinski definition) is 0. The normalized spacial score (nSPS) is 9.91. The van der Waals surface area contributed by atoms with Crippen LogP contribution in [0, 0.1) is 0 Å². The third kappa shape index (κ3) is 3.02. The van der Waals surface area contributed by atoms with Gasteiger partial charge in [0.2, 0.25) is 0 Å². The highest BCUT2D eigenvalue weighted by Crippen LogP contribution is 1.98. The maximum atomic E-state index is 3.83. The summed E-state index contributed by atoms with van der Waals surface area (Å²) in [6, 6.07) is 0. The zero-order chi connectivity index (χ0) is 7.94. The van der Waals surface area contributed by atoms with Crippen molar-refractivity contribution in [3.63, 3.8) is 0 Å². The minimum absolute atomic E-state index is 0.751. The van der Waals surface area contributed by atoms with Crippen LogP contribution < -0.4 is 0 Å². The number of hydrogen-bond acceptors (Lipinski definition) is 4. The van der Waals surface area contributed by atoms with Crippen LogP contribution in [0.4, 0.5) is 0 Å². The van der Waals surface area contributed by atoms with Crippen molar-refractivity contribution in [1.29, 1.82) is 0 Å². The summed E-state index contributed by atoms with van der Waals surface area (Å²) in [6.07, 6.45) is 5.81. The maximum Gasteiger partial charge on any atom is 0.173 e. The predicted octanol–water partition coefficient (Wildman–Crippen LogP) is 0.999. The van der Waals surface area contributed by atoms with Crippen molar-refractivity contribution < 1.29 is 0 Å². The van der Waals surface area contributed by atoms with Crippen LogP contribution in [0.25, 0.3) is 0 Å². The van der Waals surface area contributed by atoms with Crippen molar-refractivity contribution in [3.8, 4) is 0 Å². The molecule has 0 bridgehead atoms. The molecule has 0 unspecified atom stereocenters. The number of nitrogens with zero attached hydrogens (tertiary/aromatic N) is 4. The molecule has 0 spiro atoms. The van der Waals surface area contributed by atoms with Gasteiger partial charge in [0.05, 0.1) is 0 Å². The van der Waals surface area contributed by atoms with E-state index < -0.39 is 0 Å². The van der Waals surface area contributed by atoms with Gasteiger partial charge in [-0.1, -0.05) is 19.8 Å². The van der Waals surface area contributed by atoms with E-state index in [1.54, 1.807) is 0 Å². The molecule has 0 saturated heterocycles. The standard InChI is InChI=1S/C7H12N4/c1-2-3-4-5-7-10-8-6-9-11-7/h6H,2-5H2,1H3. The van der Waals surface area contributed by atoms with Gasteiger partial charge in [0.25, 0.3) is 0 Å². The summed E-state index contributed by atoms with van der Waals surface area (Å²) < 4.78 is 0. The Balaban J connectivity index is 2.28. The highest BCUT2D eigenvalue weighted by atomic mass is 15.3. The summed E-state index contributed by atoms with van der Waals surface area (Å²) in [4.78, 5) is 0. The molecule has 4 nitrogen and oxygen atoms in total. The fourth-order valence-corrected chi connectivity index (χ4v) is 0.861. The molecule has 0 N–H and O–H groups in total. The van der Waals surface area contributed by atoms with Gasteiger partial charge in [-0.15, -0.1) is 20.4 Å². The van der Waals surface area contributed by atoms with Crippen LogP contribution in [0.15, 0.2) is 6.33 Å². The molecule has 11 heavy (non-hydrogen) atoms. The highest BCUT2D eigenvalue weighted by molar-refractivity contribution is 4.75. The number of aryl methyl sites for hydroxylation is 1. The van der Waals surface area contributed by atoms with Gasteiger partial charge in [-0.05, 0) is 6.42 Å². The molecule has 0 amide bonds. The second-order valence-corrected chi connectivity index (χ2v) is 2.42. The van der Waals surface area contributed by atoms with Crippen molar-refractivity contribution in [2.45, 2.75) is 32.6 Å². The molecule has 0 aliphatic rings. The third-order valence-electron chi connectivity index (χ3n) is 1.45. The van der Waals surface area contributed by atoms with Gasteiger partial charge in [0.1, 0.15) is 0 Å². The number of rotatable bonds is 4. The van der Waals surface area contributed by atoms with Crippen LogP contribution in [-0.4, -0.2) is 20.4 Å². The molecule has 4 heteroatoms. The fraction of sp³-hybridized carbons (Fsp3) is 0.714. The van der Waals surface area contributed by atoms with E-state index in [0.717, 1.165) is 18.7 Å². The Hall–Kier alpha value is -1.06. The van der Waals surface area contributed by atoms with Crippen LogP contribution in [-0.2, 0) is 6.42 Å². The zero-order valence-corrected chi connectivity index (χ0v) is 6.69. The molecule has 1 aromatic heterocycles. The Morgan fingerprint density at radius 3 is 2.55 bits per heavy atom. The summed E-state index contributed by atoms with van der Waals surface area (Å²) in [6.45, 7) is 2.17. The van der Waals surface area contributed by atoms with Crippen LogP contribution in [0.2, 0.25) is 0 Å². The zero-order valence-electron chi connectivity index (χ0n) is 6.69. The summed E-state index contributed by atoms with van der Waals surface area (Å²) >= 11 is 0. The van der Waals surface area contributed by atoms with Crippen molar-refractivity contribution in [2.75, 3.05) is 0 Å². The lowest BCUT2D eigenvalue weighted by molar-refractivity contribution is 0.662. The molecule has 1 heterocycles. The first-order valence-corrected chi connectivity index (χ1v) is 3.92. The molecule has 0 aromatic carbocycles. The van der Waals surface area contributed by atoms with Gasteiger partial charge in [0.15, 0.2) is 12.2 Å². The van der Waals surface area contributed by atoms with Gasteiger partial charge in [-0.2, -0.15) is 0 Å². The van der Waals surface area contributed by atoms with E-state index in [1.165, 1.54) is 19.2 Å². The van der Waals surface area contributed by atoms with Gasteiger partial charge >= 0.3 is 0 Å². The first kappa shape index (κ1) is 8.04. The van der Waals surface area contributed by atoms with E-state index in [1.807, 2.05) is 0 Å². The quantitative estimate of drug-likeness (QED) is 0.604. The minimum atomic E-state index is 0.751. The lowest BCUT2D eigenvalue weighted by Gasteiger charge is -1.94. The second kappa shape index (κ2) is 4.71. The average molecular weight is 152 g/mol. The van der Waals surface area contributed by atoms with Crippen molar-refractivity contribution in [3.05, 3.63) is 12.2 Å². The summed E-state index contributed by atoms with van der Waals surface area (Å²) in [5.41, 5.74) is 0. The second-order valence-electron chi connectivity index (χ2n) is 2.42. The Labute approximate surface area is 66.1 Å². The predicted molar refractivity (Wildman–Crippen MR) is 40.9 cm³/mol. The summed E-state index contributed by atoms with van der Waals surface area (Å²) in [5.74, 6) is 0.751. The van der Waals surface area contributed by atoms with Crippen LogP contribution in [0.1, 0.15) is 32.0 Å². The average Bonchev–Trinajstić information content (AvgIpc) is 2.07. The Kier molecular flexibility index (Phi) is 3.44. The molecule has 0 aliphatic heterocycles. The Bertz CT molecular complexity index is 187. The van der Waals surface area contributed by atoms with Crippen LogP contribution in [0.5, 0.6) is 0 Å². The monoisotopic (exact) mass is 152 g/mol. The third-order valence-corrected chi connectivity index (χ3v) is 1.45. The van der Waals surface area contributed by atoms with Gasteiger partial charge < -0.3 is 0 Å². The molecule has 0 radical (unpaired) electrons. The highest BCUT2D eigenvalue weighted by Gasteiger charge is 1.94. The Morgan fingerprint density at radius 1 is 1.18 bits per heavy atom. The van der Waals surface area contributed by atoms with Crippen molar-refractivity contribution >= 4 is 0 Å². The molecule has 60 valence electrons. The minimum Gasteiger partial charge on any atom is -0.135 e. The smallest absolute Gasteiger partial charge is 0.135 e. The SMILES string of the molecule is CCCCCc1nncnn1. The van der Waals surface area contributed by atoms with E-state index in [9.17, 15) is 0 Å². The molecule has 0 aliphatic carbocycles. The van der Waals surface area contributed by atoms with E-state index >= 15 is 0 Å². The molecular formula is C7H12N4. The number of aromatic nitrogens is 4. The molecule has 0 saturated carbocycles. The van der Waals surface area contributed by atoms with Gasteiger partial charge in [0, 0.05) is 6.42 Å². The molecular weight excluding hydrogens is 140 g/mol. The maximum absolute atomic E-state index is 3.83. The number of unbranched alkanes of at least 4 members (excludes halogenated alkanes) is 2. The van der Waals surface area contributed by atoms with E-state index in [2.05, 4.69) is 27.3 Å². The lowest BCUT2D eigenvalue weighted by atomic mass is 10.2. The first-order chi connectivity index (χ1) is 5.43. The molecule has 0 fully saturated rings. The van der Waals surface area contributed by atoms with Crippen LogP contribution >= 0.6 is 0 Å². The largest absolute Gasteiger partial charge is 0.173 e. The molecule has 1 aromatic rings. The summed E-state index contributed by atoms with van der Waals surface area (Å²) in [5, 5.41) is 14.9. The van der Waals surface area contributed by atoms with Gasteiger partial charge in [-0.25, -0.2) is 0 Å². The molecule has 0 atom stereocenters. The van der Waals surface area contributed by atoms with Gasteiger partial charge in [-0.3, -0.25) is 0 Å². The first-order valence-electron chi connectivity index (χ1n) is 3.92. The van der Waals surface area contributed by atoms with Crippen molar-refractivity contribution in [1.82, 2.24) is 20.4 Å². The summed E-state index contributed by atoms with van der Waals surface area (Å²) in [7, 11) is 0. The van der Waals surface area contributed by atoms with E-state index in [-0.39, 0.29) is 0 Å². The van der Waals surface area contributed by atoms with E-state index in [4.69, 9.17) is 0 Å². The molecule has 1 rings (SSSR count). The van der Waals surface area contributed by atoms with E-state index in [0.29, 0.717) is 0 Å². The lowest BCUT2D eigenvalue weighted by Crippen LogP contribution is -1.98. The fourth-order valence-electron chi connectivity index (χ4n) is 0.861. The Morgan fingerprint density at radius 2 is 1.91 bits per heavy atom. The topological polar surface area (TPSA) is 51.6 Å². The van der Waals surface area contributed by atoms with Crippen LogP contribution in [0.3, 0.4) is 0 Å².